The van der Waals surface area contributed by atoms with Crippen molar-refractivity contribution in [2.45, 2.75) is 34.1 Å². The highest BCUT2D eigenvalue weighted by Crippen LogP contribution is 2.30. The second kappa shape index (κ2) is 9.51. The van der Waals surface area contributed by atoms with Crippen LogP contribution in [-0.2, 0) is 16.0 Å². The predicted octanol–water partition coefficient (Wildman–Crippen LogP) is 6.33. The predicted molar refractivity (Wildman–Crippen MR) is 148 cm³/mol. The summed E-state index contributed by atoms with van der Waals surface area (Å²) >= 11 is 0. The molecule has 0 radical (unpaired) electrons. The van der Waals surface area contributed by atoms with Gasteiger partial charge >= 0.3 is 6.03 Å². The van der Waals surface area contributed by atoms with Crippen molar-refractivity contribution in [3.05, 3.63) is 117 Å². The van der Waals surface area contributed by atoms with Gasteiger partial charge in [-0.25, -0.2) is 9.69 Å². The van der Waals surface area contributed by atoms with Crippen LogP contribution in [0.15, 0.2) is 78.4 Å². The zero-order chi connectivity index (χ0) is 26.3. The van der Waals surface area contributed by atoms with Crippen molar-refractivity contribution in [2.24, 2.45) is 0 Å². The van der Waals surface area contributed by atoms with Gasteiger partial charge in [-0.2, -0.15) is 0 Å². The van der Waals surface area contributed by atoms with Gasteiger partial charge in [0.2, 0.25) is 0 Å². The van der Waals surface area contributed by atoms with Crippen LogP contribution in [0, 0.1) is 27.7 Å². The Morgan fingerprint density at radius 2 is 1.51 bits per heavy atom. The lowest BCUT2D eigenvalue weighted by molar-refractivity contribution is -0.122. The number of nitrogens with one attached hydrogen (secondary N) is 1. The molecule has 1 fully saturated rings. The van der Waals surface area contributed by atoms with E-state index in [2.05, 4.69) is 43.4 Å². The van der Waals surface area contributed by atoms with Crippen molar-refractivity contribution in [2.75, 3.05) is 4.90 Å². The molecule has 0 saturated carbocycles. The molecule has 0 atom stereocenters. The molecule has 4 amide bonds. The van der Waals surface area contributed by atoms with Gasteiger partial charge in [-0.1, -0.05) is 71.8 Å². The number of hydrogen-bond acceptors (Lipinski definition) is 3. The lowest BCUT2D eigenvalue weighted by atomic mass is 9.91. The van der Waals surface area contributed by atoms with E-state index in [4.69, 9.17) is 0 Å². The number of nitrogens with zero attached hydrogens (tertiary/aromatic N) is 1. The van der Waals surface area contributed by atoms with E-state index in [9.17, 15) is 14.4 Å². The van der Waals surface area contributed by atoms with Crippen LogP contribution in [0.5, 0.6) is 0 Å². The summed E-state index contributed by atoms with van der Waals surface area (Å²) in [5.41, 5.74) is 7.65. The van der Waals surface area contributed by atoms with Gasteiger partial charge in [-0.3, -0.25) is 14.9 Å². The zero-order valence-corrected chi connectivity index (χ0v) is 21.4. The molecule has 4 aromatic carbocycles. The molecule has 184 valence electrons. The Labute approximate surface area is 216 Å². The lowest BCUT2D eigenvalue weighted by Gasteiger charge is -2.27. The minimum Gasteiger partial charge on any atom is -0.273 e. The summed E-state index contributed by atoms with van der Waals surface area (Å²) in [6.07, 6.45) is 2.28. The van der Waals surface area contributed by atoms with Gasteiger partial charge in [0.1, 0.15) is 5.57 Å². The van der Waals surface area contributed by atoms with Gasteiger partial charge in [0.05, 0.1) is 5.69 Å². The average molecular weight is 489 g/mol. The van der Waals surface area contributed by atoms with E-state index in [1.165, 1.54) is 11.1 Å². The van der Waals surface area contributed by atoms with E-state index < -0.39 is 17.8 Å². The fourth-order valence-electron chi connectivity index (χ4n) is 4.96. The third-order valence-corrected chi connectivity index (χ3v) is 6.88. The summed E-state index contributed by atoms with van der Waals surface area (Å²) < 4.78 is 0. The van der Waals surface area contributed by atoms with E-state index in [0.717, 1.165) is 43.5 Å². The third kappa shape index (κ3) is 4.68. The number of barbiturate groups is 1. The molecular formula is C32H28N2O3. The van der Waals surface area contributed by atoms with Gasteiger partial charge in [-0.15, -0.1) is 0 Å². The molecule has 1 aliphatic heterocycles. The number of rotatable bonds is 4. The van der Waals surface area contributed by atoms with E-state index in [0.29, 0.717) is 12.1 Å². The summed E-state index contributed by atoms with van der Waals surface area (Å²) in [6.45, 7) is 8.03. The summed E-state index contributed by atoms with van der Waals surface area (Å²) in [6, 6.07) is 23.1. The van der Waals surface area contributed by atoms with Gasteiger partial charge in [0.25, 0.3) is 11.8 Å². The fraction of sp³-hybridized carbons (Fsp3) is 0.156. The Morgan fingerprint density at radius 3 is 2.24 bits per heavy atom. The molecule has 0 unspecified atom stereocenters. The third-order valence-electron chi connectivity index (χ3n) is 6.88. The first-order valence-electron chi connectivity index (χ1n) is 12.3. The maximum absolute atomic E-state index is 13.6. The van der Waals surface area contributed by atoms with Gasteiger partial charge < -0.3 is 0 Å². The molecule has 1 N–H and O–H groups in total. The van der Waals surface area contributed by atoms with Crippen molar-refractivity contribution < 1.29 is 14.4 Å². The maximum Gasteiger partial charge on any atom is 0.335 e. The number of amides is 4. The number of fused-ring (bicyclic) bond motifs is 1. The normalized spacial score (nSPS) is 15.0. The second-order valence-electron chi connectivity index (χ2n) is 9.76. The molecule has 5 rings (SSSR count). The number of carbonyl (C=O) groups excluding carboxylic acids is 3. The van der Waals surface area contributed by atoms with Crippen molar-refractivity contribution in [1.82, 2.24) is 5.32 Å². The minimum absolute atomic E-state index is 0.0733. The Bertz CT molecular complexity index is 1610. The number of carbonyl (C=O) groups is 3. The maximum atomic E-state index is 13.6. The first-order chi connectivity index (χ1) is 17.7. The summed E-state index contributed by atoms with van der Waals surface area (Å²) in [4.78, 5) is 40.4. The topological polar surface area (TPSA) is 66.5 Å². The Hall–Kier alpha value is -4.51. The smallest absolute Gasteiger partial charge is 0.273 e. The van der Waals surface area contributed by atoms with Crippen LogP contribution >= 0.6 is 0 Å². The van der Waals surface area contributed by atoms with E-state index in [-0.39, 0.29) is 5.57 Å². The van der Waals surface area contributed by atoms with Crippen molar-refractivity contribution in [3.63, 3.8) is 0 Å². The van der Waals surface area contributed by atoms with Crippen LogP contribution in [-0.4, -0.2) is 17.8 Å². The lowest BCUT2D eigenvalue weighted by Crippen LogP contribution is -2.54. The van der Waals surface area contributed by atoms with Crippen LogP contribution in [0.25, 0.3) is 16.8 Å². The van der Waals surface area contributed by atoms with Gasteiger partial charge in [0, 0.05) is 0 Å². The fourth-order valence-corrected chi connectivity index (χ4v) is 4.96. The van der Waals surface area contributed by atoms with Crippen molar-refractivity contribution in [1.29, 1.82) is 0 Å². The zero-order valence-electron chi connectivity index (χ0n) is 21.4. The number of hydrogen-bond donors (Lipinski definition) is 1. The number of benzene rings is 4. The minimum atomic E-state index is -0.746. The number of aryl methyl sites for hydroxylation is 4. The highest BCUT2D eigenvalue weighted by atomic mass is 16.2. The van der Waals surface area contributed by atoms with Crippen LogP contribution in [0.2, 0.25) is 0 Å². The molecule has 4 aromatic rings. The molecule has 0 aliphatic carbocycles. The largest absolute Gasteiger partial charge is 0.335 e. The number of anilines is 1. The van der Waals surface area contributed by atoms with E-state index in [1.54, 1.807) is 18.2 Å². The molecule has 37 heavy (non-hydrogen) atoms. The van der Waals surface area contributed by atoms with Crippen molar-refractivity contribution >= 4 is 40.4 Å². The molecule has 1 heterocycles. The molecular weight excluding hydrogens is 460 g/mol. The first-order valence-corrected chi connectivity index (χ1v) is 12.3. The van der Waals surface area contributed by atoms with Crippen LogP contribution in [0.1, 0.15) is 38.9 Å². The SMILES string of the molecule is Cc1cc(C)cc(Cc2ccc3ccccc3c2/C=C2\C(=O)NC(=O)N(c3ccc(C)c(C)c3)C2=O)c1. The summed E-state index contributed by atoms with van der Waals surface area (Å²) in [5.74, 6) is -1.33. The molecule has 1 saturated heterocycles. The van der Waals surface area contributed by atoms with Crippen LogP contribution in [0.3, 0.4) is 0 Å². The average Bonchev–Trinajstić information content (AvgIpc) is 2.84. The molecule has 0 bridgehead atoms. The molecule has 5 heteroatoms. The Balaban J connectivity index is 1.65. The Kier molecular flexibility index (Phi) is 6.22. The number of imide groups is 2. The molecule has 0 aromatic heterocycles. The van der Waals surface area contributed by atoms with Crippen LogP contribution < -0.4 is 10.2 Å². The van der Waals surface area contributed by atoms with Gasteiger partial charge in [-0.05, 0) is 90.9 Å². The van der Waals surface area contributed by atoms with Gasteiger partial charge in [0.15, 0.2) is 0 Å². The second-order valence-corrected chi connectivity index (χ2v) is 9.76. The highest BCUT2D eigenvalue weighted by Gasteiger charge is 2.37. The molecule has 1 aliphatic rings. The number of urea groups is 1. The monoisotopic (exact) mass is 488 g/mol. The van der Waals surface area contributed by atoms with E-state index >= 15 is 0 Å². The van der Waals surface area contributed by atoms with Crippen LogP contribution in [0.4, 0.5) is 10.5 Å². The van der Waals surface area contributed by atoms with E-state index in [1.807, 2.05) is 50.2 Å². The standard InChI is InChI=1S/C32H28N2O3/c1-19-13-20(2)15-23(14-19)17-25-11-10-24-7-5-6-8-27(24)28(25)18-29-30(35)33-32(37)34(31(29)36)26-12-9-21(3)22(4)16-26/h5-16,18H,17H2,1-4H3,(H,33,35,37)/b29-18+. The van der Waals surface area contributed by atoms with Crippen molar-refractivity contribution in [3.8, 4) is 0 Å². The molecule has 5 nitrogen and oxygen atoms in total. The summed E-state index contributed by atoms with van der Waals surface area (Å²) in [5, 5.41) is 4.29. The highest BCUT2D eigenvalue weighted by molar-refractivity contribution is 6.39. The first kappa shape index (κ1) is 24.2. The quantitative estimate of drug-likeness (QED) is 0.270. The Morgan fingerprint density at radius 1 is 0.784 bits per heavy atom. The molecule has 0 spiro atoms. The summed E-state index contributed by atoms with van der Waals surface area (Å²) in [7, 11) is 0.